The molecule has 0 aromatic heterocycles. The zero-order valence-electron chi connectivity index (χ0n) is 18.8. The van der Waals surface area contributed by atoms with Crippen molar-refractivity contribution in [2.75, 3.05) is 18.0 Å². The van der Waals surface area contributed by atoms with Gasteiger partial charge in [0.25, 0.3) is 0 Å². The van der Waals surface area contributed by atoms with E-state index in [1.165, 1.54) is 18.5 Å². The second-order valence-corrected chi connectivity index (χ2v) is 10.3. The standard InChI is InChI=1S/C17H16Cl3N.C9H10N2OS/c18-12-4-7-14(8-5-12)21-10-2-1-3-17(21)15-9-6-13(19)11-16(15)20;1-2-11-13(12)9-5-3-8(7-10)4-6-9/h4-9,11,17H,1-3,10H2;3-6,11H,2H2,1H3. The Morgan fingerprint density at radius 3 is 2.29 bits per heavy atom. The lowest BCUT2D eigenvalue weighted by atomic mass is 9.94. The number of halogens is 3. The number of hydrogen-bond donors (Lipinski definition) is 1. The molecule has 4 rings (SSSR count). The average molecular weight is 535 g/mol. The normalized spacial score (nSPS) is 16.2. The van der Waals surface area contributed by atoms with Crippen molar-refractivity contribution in [1.82, 2.24) is 4.72 Å². The number of benzene rings is 3. The second kappa shape index (κ2) is 13.1. The zero-order chi connectivity index (χ0) is 24.5. The van der Waals surface area contributed by atoms with Gasteiger partial charge in [0.05, 0.1) is 22.6 Å². The van der Waals surface area contributed by atoms with E-state index in [4.69, 9.17) is 40.1 Å². The van der Waals surface area contributed by atoms with E-state index < -0.39 is 11.0 Å². The maximum Gasteiger partial charge on any atom is 0.124 e. The van der Waals surface area contributed by atoms with Gasteiger partial charge in [0.2, 0.25) is 0 Å². The second-order valence-electron chi connectivity index (χ2n) is 7.75. The molecule has 2 atom stereocenters. The summed E-state index contributed by atoms with van der Waals surface area (Å²) in [5, 5.41) is 10.7. The van der Waals surface area contributed by atoms with Gasteiger partial charge in [0, 0.05) is 33.8 Å². The van der Waals surface area contributed by atoms with Crippen LogP contribution >= 0.6 is 34.8 Å². The van der Waals surface area contributed by atoms with Crippen LogP contribution < -0.4 is 9.62 Å². The van der Waals surface area contributed by atoms with E-state index in [1.807, 2.05) is 43.3 Å². The summed E-state index contributed by atoms with van der Waals surface area (Å²) in [5.41, 5.74) is 2.92. The summed E-state index contributed by atoms with van der Waals surface area (Å²) in [6, 6.07) is 22.8. The number of rotatable bonds is 5. The Morgan fingerprint density at radius 2 is 1.68 bits per heavy atom. The van der Waals surface area contributed by atoms with Crippen molar-refractivity contribution >= 4 is 51.5 Å². The fourth-order valence-electron chi connectivity index (χ4n) is 3.84. The molecule has 0 aliphatic carbocycles. The van der Waals surface area contributed by atoms with Gasteiger partial charge in [-0.2, -0.15) is 5.26 Å². The largest absolute Gasteiger partial charge is 0.364 e. The van der Waals surface area contributed by atoms with Crippen molar-refractivity contribution in [1.29, 1.82) is 5.26 Å². The smallest absolute Gasteiger partial charge is 0.124 e. The van der Waals surface area contributed by atoms with Crippen LogP contribution in [0, 0.1) is 11.3 Å². The summed E-state index contributed by atoms with van der Waals surface area (Å²) in [7, 11) is -1.15. The number of nitriles is 1. The molecule has 0 spiro atoms. The molecule has 3 aromatic rings. The minimum Gasteiger partial charge on any atom is -0.364 e. The minimum atomic E-state index is -1.15. The fraction of sp³-hybridized carbons (Fsp3) is 0.269. The van der Waals surface area contributed by atoms with Gasteiger partial charge in [0.1, 0.15) is 11.0 Å². The summed E-state index contributed by atoms with van der Waals surface area (Å²) in [6.07, 6.45) is 3.52. The number of hydrogen-bond acceptors (Lipinski definition) is 3. The first-order valence-electron chi connectivity index (χ1n) is 11.1. The Balaban J connectivity index is 0.000000215. The van der Waals surface area contributed by atoms with Crippen LogP contribution in [0.25, 0.3) is 0 Å². The first kappa shape index (κ1) is 26.5. The highest BCUT2D eigenvalue weighted by atomic mass is 35.5. The van der Waals surface area contributed by atoms with Crippen LogP contribution in [0.5, 0.6) is 0 Å². The maximum atomic E-state index is 11.4. The molecule has 1 N–H and O–H groups in total. The van der Waals surface area contributed by atoms with Gasteiger partial charge < -0.3 is 4.90 Å². The van der Waals surface area contributed by atoms with E-state index >= 15 is 0 Å². The van der Waals surface area contributed by atoms with E-state index in [0.29, 0.717) is 28.1 Å². The van der Waals surface area contributed by atoms with E-state index in [9.17, 15) is 4.21 Å². The van der Waals surface area contributed by atoms with Gasteiger partial charge in [-0.1, -0.05) is 47.8 Å². The summed E-state index contributed by atoms with van der Waals surface area (Å²) < 4.78 is 14.1. The summed E-state index contributed by atoms with van der Waals surface area (Å²) >= 11 is 18.4. The third-order valence-electron chi connectivity index (χ3n) is 5.46. The summed E-state index contributed by atoms with van der Waals surface area (Å²) in [6.45, 7) is 3.58. The molecular weight excluding hydrogens is 509 g/mol. The van der Waals surface area contributed by atoms with Crippen molar-refractivity contribution in [3.8, 4) is 6.07 Å². The lowest BCUT2D eigenvalue weighted by molar-refractivity contribution is 0.473. The topological polar surface area (TPSA) is 56.1 Å². The van der Waals surface area contributed by atoms with Crippen LogP contribution in [0.2, 0.25) is 15.1 Å². The van der Waals surface area contributed by atoms with Crippen LogP contribution in [0.4, 0.5) is 5.69 Å². The molecule has 0 bridgehead atoms. The molecule has 3 aromatic carbocycles. The molecule has 2 unspecified atom stereocenters. The summed E-state index contributed by atoms with van der Waals surface area (Å²) in [5.74, 6) is 0. The number of nitrogens with one attached hydrogen (secondary N) is 1. The predicted molar refractivity (Wildman–Crippen MR) is 143 cm³/mol. The minimum absolute atomic E-state index is 0.296. The Kier molecular flexibility index (Phi) is 10.2. The SMILES string of the molecule is CCNS(=O)c1ccc(C#N)cc1.Clc1ccc(N2CCCCC2c2ccc(Cl)cc2Cl)cc1. The summed E-state index contributed by atoms with van der Waals surface area (Å²) in [4.78, 5) is 3.11. The van der Waals surface area contributed by atoms with Crippen molar-refractivity contribution < 1.29 is 4.21 Å². The Morgan fingerprint density at radius 1 is 1.00 bits per heavy atom. The predicted octanol–water partition coefficient (Wildman–Crippen LogP) is 7.57. The third kappa shape index (κ3) is 7.21. The Labute approximate surface area is 219 Å². The van der Waals surface area contributed by atoms with Crippen LogP contribution in [-0.2, 0) is 11.0 Å². The van der Waals surface area contributed by atoms with Gasteiger partial charge in [0.15, 0.2) is 0 Å². The number of nitrogens with zero attached hydrogens (tertiary/aromatic N) is 2. The third-order valence-corrected chi connectivity index (χ3v) is 7.52. The number of piperidine rings is 1. The zero-order valence-corrected chi connectivity index (χ0v) is 21.9. The van der Waals surface area contributed by atoms with Gasteiger partial charge in [-0.05, 0) is 85.5 Å². The molecule has 0 saturated carbocycles. The van der Waals surface area contributed by atoms with Crippen LogP contribution in [0.3, 0.4) is 0 Å². The molecule has 4 nitrogen and oxygen atoms in total. The molecule has 1 fully saturated rings. The van der Waals surface area contributed by atoms with E-state index in [2.05, 4.69) is 21.8 Å². The monoisotopic (exact) mass is 533 g/mol. The van der Waals surface area contributed by atoms with Crippen LogP contribution in [-0.4, -0.2) is 17.3 Å². The van der Waals surface area contributed by atoms with Gasteiger partial charge in [-0.15, -0.1) is 0 Å². The van der Waals surface area contributed by atoms with Gasteiger partial charge in [-0.25, -0.2) is 8.93 Å². The van der Waals surface area contributed by atoms with E-state index in [0.717, 1.165) is 28.6 Å². The van der Waals surface area contributed by atoms with E-state index in [1.54, 1.807) is 24.3 Å². The molecule has 1 aliphatic heterocycles. The molecule has 1 aliphatic rings. The van der Waals surface area contributed by atoms with Gasteiger partial charge in [-0.3, -0.25) is 0 Å². The fourth-order valence-corrected chi connectivity index (χ4v) is 5.31. The quantitative estimate of drug-likeness (QED) is 0.367. The van der Waals surface area contributed by atoms with Crippen LogP contribution in [0.1, 0.15) is 43.4 Å². The average Bonchev–Trinajstić information content (AvgIpc) is 2.85. The molecule has 178 valence electrons. The lowest BCUT2D eigenvalue weighted by Gasteiger charge is -2.38. The highest BCUT2D eigenvalue weighted by Crippen LogP contribution is 2.38. The van der Waals surface area contributed by atoms with Crippen molar-refractivity contribution in [2.45, 2.75) is 37.1 Å². The van der Waals surface area contributed by atoms with Gasteiger partial charge >= 0.3 is 0 Å². The molecular formula is C26H26Cl3N3OS. The Bertz CT molecular complexity index is 1150. The first-order valence-corrected chi connectivity index (χ1v) is 13.3. The molecule has 8 heteroatoms. The van der Waals surface area contributed by atoms with Crippen molar-refractivity contribution in [3.63, 3.8) is 0 Å². The molecule has 1 saturated heterocycles. The lowest BCUT2D eigenvalue weighted by Crippen LogP contribution is -2.33. The van der Waals surface area contributed by atoms with Crippen molar-refractivity contribution in [3.05, 3.63) is 92.9 Å². The molecule has 1 heterocycles. The van der Waals surface area contributed by atoms with E-state index in [-0.39, 0.29) is 0 Å². The first-order chi connectivity index (χ1) is 16.4. The number of anilines is 1. The highest BCUT2D eigenvalue weighted by molar-refractivity contribution is 7.83. The molecule has 34 heavy (non-hydrogen) atoms. The highest BCUT2D eigenvalue weighted by Gasteiger charge is 2.26. The molecule has 0 amide bonds. The van der Waals surface area contributed by atoms with Crippen LogP contribution in [0.15, 0.2) is 71.6 Å². The maximum absolute atomic E-state index is 11.4. The molecule has 0 radical (unpaired) electrons. The van der Waals surface area contributed by atoms with Crippen molar-refractivity contribution in [2.24, 2.45) is 0 Å². The Hall–Kier alpha value is -2.07.